The van der Waals surface area contributed by atoms with Gasteiger partial charge < -0.3 is 4.42 Å². The summed E-state index contributed by atoms with van der Waals surface area (Å²) < 4.78 is 6.36. The van der Waals surface area contributed by atoms with E-state index in [1.165, 1.54) is 38.8 Å². The number of hydrogen-bond acceptors (Lipinski definition) is 2. The van der Waals surface area contributed by atoms with E-state index >= 15 is 4.79 Å². The standard InChI is InChI=1S/C48H29BN2O2/c52-48-50(41-21-11-23-43-45(41)35-18-7-9-22-42(35)53-43)40-20-10-15-30-24-26-39-47(44(30)40)51(48)46-36-28-31-14-4-5-16-32(31)34(36)25-27-38(46)49(39)37-19-8-6-17-33(37)29-12-2-1-3-13-29/h1-27H,28H2. The summed E-state index contributed by atoms with van der Waals surface area (Å²) in [6, 6.07) is 57.6. The summed E-state index contributed by atoms with van der Waals surface area (Å²) in [7, 11) is 0. The van der Waals surface area contributed by atoms with Gasteiger partial charge in [-0.25, -0.2) is 4.79 Å². The molecular formula is C48H29BN2O2. The first-order valence-corrected chi connectivity index (χ1v) is 18.2. The van der Waals surface area contributed by atoms with Gasteiger partial charge in [0.2, 0.25) is 6.71 Å². The lowest BCUT2D eigenvalue weighted by atomic mass is 9.34. The Hall–Kier alpha value is -6.85. The number of furan rings is 1. The van der Waals surface area contributed by atoms with Crippen molar-refractivity contribution in [1.29, 1.82) is 0 Å². The van der Waals surface area contributed by atoms with Crippen molar-refractivity contribution in [1.82, 2.24) is 0 Å². The largest absolute Gasteiger partial charge is 0.456 e. The highest BCUT2D eigenvalue weighted by molar-refractivity contribution is 6.99. The van der Waals surface area contributed by atoms with E-state index in [1.54, 1.807) is 0 Å². The lowest BCUT2D eigenvalue weighted by Crippen LogP contribution is -2.61. The Labute approximate surface area is 306 Å². The minimum Gasteiger partial charge on any atom is -0.456 e. The number of urea groups is 1. The molecule has 0 spiro atoms. The predicted octanol–water partition coefficient (Wildman–Crippen LogP) is 10.2. The quantitative estimate of drug-likeness (QED) is 0.175. The van der Waals surface area contributed by atoms with E-state index in [-0.39, 0.29) is 12.7 Å². The molecule has 0 atom stereocenters. The van der Waals surface area contributed by atoms with E-state index in [1.807, 2.05) is 35.2 Å². The van der Waals surface area contributed by atoms with Crippen LogP contribution in [-0.2, 0) is 6.42 Å². The molecule has 5 heteroatoms. The van der Waals surface area contributed by atoms with Gasteiger partial charge >= 0.3 is 6.03 Å². The molecular weight excluding hydrogens is 647 g/mol. The zero-order valence-electron chi connectivity index (χ0n) is 28.6. The van der Waals surface area contributed by atoms with Gasteiger partial charge in [-0.05, 0) is 74.0 Å². The number of fused-ring (bicyclic) bond motifs is 9. The highest BCUT2D eigenvalue weighted by Crippen LogP contribution is 2.51. The molecule has 1 aromatic heterocycles. The summed E-state index contributed by atoms with van der Waals surface area (Å²) in [5.41, 5.74) is 16.1. The normalized spacial score (nSPS) is 13.9. The number of rotatable bonds is 3. The summed E-state index contributed by atoms with van der Waals surface area (Å²) in [4.78, 5) is 19.8. The Morgan fingerprint density at radius 2 is 1.19 bits per heavy atom. The summed E-state index contributed by atoms with van der Waals surface area (Å²) >= 11 is 0. The molecule has 246 valence electrons. The molecule has 53 heavy (non-hydrogen) atoms. The van der Waals surface area contributed by atoms with Gasteiger partial charge in [0.05, 0.1) is 28.1 Å². The van der Waals surface area contributed by atoms with E-state index in [2.05, 4.69) is 138 Å². The van der Waals surface area contributed by atoms with E-state index in [4.69, 9.17) is 4.42 Å². The first-order valence-electron chi connectivity index (χ1n) is 18.2. The minimum absolute atomic E-state index is 0.0874. The first-order chi connectivity index (χ1) is 26.2. The lowest BCUT2D eigenvalue weighted by molar-refractivity contribution is 0.255. The third-order valence-corrected chi connectivity index (χ3v) is 11.7. The molecule has 0 radical (unpaired) electrons. The number of hydrogen-bond donors (Lipinski definition) is 0. The molecule has 0 saturated heterocycles. The Morgan fingerprint density at radius 1 is 0.491 bits per heavy atom. The van der Waals surface area contributed by atoms with Crippen LogP contribution in [0.15, 0.2) is 168 Å². The average Bonchev–Trinajstić information content (AvgIpc) is 3.79. The number of carbonyl (C=O) groups excluding carboxylic acids is 1. The molecule has 0 saturated carbocycles. The van der Waals surface area contributed by atoms with Crippen molar-refractivity contribution < 1.29 is 9.21 Å². The fourth-order valence-electron chi connectivity index (χ4n) is 9.54. The van der Waals surface area contributed by atoms with E-state index in [9.17, 15) is 0 Å². The van der Waals surface area contributed by atoms with Crippen LogP contribution in [0.25, 0.3) is 55.0 Å². The second kappa shape index (κ2) is 10.6. The molecule has 3 heterocycles. The van der Waals surface area contributed by atoms with Gasteiger partial charge in [-0.1, -0.05) is 145 Å². The summed E-state index contributed by atoms with van der Waals surface area (Å²) in [6.07, 6.45) is 0.764. The monoisotopic (exact) mass is 676 g/mol. The van der Waals surface area contributed by atoms with Gasteiger partial charge in [-0.2, -0.15) is 0 Å². The fraction of sp³-hybridized carbons (Fsp3) is 0.0208. The highest BCUT2D eigenvalue weighted by Gasteiger charge is 2.46. The predicted molar refractivity (Wildman–Crippen MR) is 219 cm³/mol. The Bertz CT molecular complexity index is 3040. The van der Waals surface area contributed by atoms with Crippen LogP contribution in [0.1, 0.15) is 11.1 Å². The van der Waals surface area contributed by atoms with E-state index < -0.39 is 0 Å². The van der Waals surface area contributed by atoms with Crippen LogP contribution in [-0.4, -0.2) is 12.7 Å². The maximum Gasteiger partial charge on any atom is 0.338 e. The van der Waals surface area contributed by atoms with Gasteiger partial charge in [0.25, 0.3) is 0 Å². The average molecular weight is 677 g/mol. The van der Waals surface area contributed by atoms with Crippen molar-refractivity contribution in [2.75, 3.05) is 9.80 Å². The number of nitrogens with zero attached hydrogens (tertiary/aromatic N) is 2. The van der Waals surface area contributed by atoms with Crippen LogP contribution in [0.4, 0.5) is 27.5 Å². The van der Waals surface area contributed by atoms with Crippen LogP contribution >= 0.6 is 0 Å². The number of amides is 2. The Kier molecular flexibility index (Phi) is 5.76. The van der Waals surface area contributed by atoms with Crippen LogP contribution in [0.5, 0.6) is 0 Å². The van der Waals surface area contributed by atoms with Crippen LogP contribution in [0.2, 0.25) is 0 Å². The van der Waals surface area contributed by atoms with Crippen molar-refractivity contribution in [3.05, 3.63) is 175 Å². The van der Waals surface area contributed by atoms with Crippen LogP contribution in [0.3, 0.4) is 0 Å². The van der Waals surface area contributed by atoms with Gasteiger partial charge in [-0.3, -0.25) is 9.80 Å². The third kappa shape index (κ3) is 3.83. The van der Waals surface area contributed by atoms with E-state index in [0.717, 1.165) is 72.8 Å². The molecule has 2 aliphatic heterocycles. The zero-order valence-corrected chi connectivity index (χ0v) is 28.6. The van der Waals surface area contributed by atoms with Crippen LogP contribution < -0.4 is 26.2 Å². The molecule has 0 bridgehead atoms. The summed E-state index contributed by atoms with van der Waals surface area (Å²) in [6.45, 7) is -0.0975. The molecule has 8 aromatic carbocycles. The van der Waals surface area contributed by atoms with Gasteiger partial charge in [0.1, 0.15) is 11.2 Å². The number of benzene rings is 8. The smallest absolute Gasteiger partial charge is 0.338 e. The molecule has 3 aliphatic rings. The molecule has 1 aliphatic carbocycles. The highest BCUT2D eigenvalue weighted by atomic mass is 16.3. The maximum atomic E-state index is 15.8. The van der Waals surface area contributed by atoms with Crippen molar-refractivity contribution in [2.45, 2.75) is 6.42 Å². The SMILES string of the molecule is O=C1N2c3c(ccc4c3Cc3ccccc3-4)B(c3ccccc3-c3ccccc3)c3ccc4cccc(c4c32)N1c1cccc2oc3ccccc3c12. The second-order valence-electron chi connectivity index (χ2n) is 14.3. The molecule has 0 unspecified atom stereocenters. The molecule has 2 amide bonds. The maximum absolute atomic E-state index is 15.8. The molecule has 9 aromatic rings. The number of carbonyl (C=O) groups is 1. The number of para-hydroxylation sites is 1. The molecule has 4 nitrogen and oxygen atoms in total. The second-order valence-corrected chi connectivity index (χ2v) is 14.3. The molecule has 0 fully saturated rings. The third-order valence-electron chi connectivity index (χ3n) is 11.7. The Morgan fingerprint density at radius 3 is 2.09 bits per heavy atom. The van der Waals surface area contributed by atoms with E-state index in [0.29, 0.717) is 0 Å². The van der Waals surface area contributed by atoms with Crippen molar-refractivity contribution in [3.63, 3.8) is 0 Å². The lowest BCUT2D eigenvalue weighted by Gasteiger charge is -2.44. The van der Waals surface area contributed by atoms with Crippen molar-refractivity contribution in [3.8, 4) is 22.3 Å². The number of anilines is 4. The zero-order chi connectivity index (χ0) is 34.8. The van der Waals surface area contributed by atoms with Gasteiger partial charge in [-0.15, -0.1) is 0 Å². The Balaban J connectivity index is 1.20. The van der Waals surface area contributed by atoms with Crippen molar-refractivity contribution in [2.24, 2.45) is 0 Å². The van der Waals surface area contributed by atoms with Gasteiger partial charge in [0, 0.05) is 17.2 Å². The summed E-state index contributed by atoms with van der Waals surface area (Å²) in [5.74, 6) is 0. The summed E-state index contributed by atoms with van der Waals surface area (Å²) in [5, 5.41) is 4.11. The molecule has 12 rings (SSSR count). The van der Waals surface area contributed by atoms with Gasteiger partial charge in [0.15, 0.2) is 0 Å². The van der Waals surface area contributed by atoms with Crippen molar-refractivity contribution >= 4 is 84.6 Å². The van der Waals surface area contributed by atoms with Crippen LogP contribution in [0, 0.1) is 0 Å². The minimum atomic E-state index is -0.0975. The fourth-order valence-corrected chi connectivity index (χ4v) is 9.54. The first kappa shape index (κ1) is 28.8. The molecule has 0 N–H and O–H groups in total. The topological polar surface area (TPSA) is 36.7 Å².